The van der Waals surface area contributed by atoms with Crippen molar-refractivity contribution in [1.29, 1.82) is 0 Å². The topological polar surface area (TPSA) is 139 Å². The Balaban J connectivity index is 2.12. The summed E-state index contributed by atoms with van der Waals surface area (Å²) < 4.78 is 5.00. The number of hydrogen-bond acceptors (Lipinski definition) is 8. The maximum absolute atomic E-state index is 11.5. The molecule has 1 rings (SSSR count). The van der Waals surface area contributed by atoms with Crippen molar-refractivity contribution in [3.05, 3.63) is 0 Å². The van der Waals surface area contributed by atoms with E-state index < -0.39 is 36.7 Å². The Kier molecular flexibility index (Phi) is 11.5. The van der Waals surface area contributed by atoms with E-state index in [1.165, 1.54) is 7.11 Å². The van der Waals surface area contributed by atoms with E-state index in [-0.39, 0.29) is 12.4 Å². The Labute approximate surface area is 155 Å². The zero-order chi connectivity index (χ0) is 19.5. The van der Waals surface area contributed by atoms with Crippen molar-refractivity contribution in [2.45, 2.75) is 94.5 Å². The molecule has 1 aliphatic rings. The third-order valence-corrected chi connectivity index (χ3v) is 4.95. The van der Waals surface area contributed by atoms with E-state index in [0.717, 1.165) is 12.8 Å². The number of carbonyl (C=O) groups is 1. The summed E-state index contributed by atoms with van der Waals surface area (Å²) in [6, 6.07) is -0.656. The number of methoxy groups -OCH3 is 1. The number of carbonyl (C=O) groups excluding carboxylic acids is 1. The minimum Gasteiger partial charge on any atom is -0.396 e. The number of rotatable bonds is 14. The smallest absolute Gasteiger partial charge is 0.136 e. The number of aliphatic hydroxyl groups is 5. The minimum atomic E-state index is -1.09. The van der Waals surface area contributed by atoms with Crippen molar-refractivity contribution in [2.24, 2.45) is 0 Å². The van der Waals surface area contributed by atoms with Gasteiger partial charge in [0.2, 0.25) is 0 Å². The molecule has 0 aromatic rings. The summed E-state index contributed by atoms with van der Waals surface area (Å²) in [5.74, 6) is 0.149. The molecule has 26 heavy (non-hydrogen) atoms. The molecule has 8 nitrogen and oxygen atoms in total. The fraction of sp³-hybridized carbons (Fsp3) is 0.944. The molecule has 8 heteroatoms. The van der Waals surface area contributed by atoms with Gasteiger partial charge in [-0.05, 0) is 38.5 Å². The minimum absolute atomic E-state index is 0.0365. The van der Waals surface area contributed by atoms with Crippen molar-refractivity contribution in [3.8, 4) is 0 Å². The number of Topliss-reactive ketones (excluding diaryl/α,β-unsaturated/α-hetero) is 1. The van der Waals surface area contributed by atoms with Crippen LogP contribution in [0, 0.1) is 0 Å². The number of unbranched alkanes of at least 4 members (excludes halogenated alkanes) is 1. The molecule has 154 valence electrons. The van der Waals surface area contributed by atoms with Crippen LogP contribution in [0.25, 0.3) is 0 Å². The summed E-state index contributed by atoms with van der Waals surface area (Å²) in [5.41, 5.74) is 0. The van der Waals surface area contributed by atoms with Gasteiger partial charge in [-0.25, -0.2) is 0 Å². The van der Waals surface area contributed by atoms with E-state index in [9.17, 15) is 25.2 Å². The molecule has 0 aromatic carbocycles. The average Bonchev–Trinajstić information content (AvgIpc) is 2.91. The largest absolute Gasteiger partial charge is 0.396 e. The molecular formula is C18H35NO7. The molecule has 1 saturated heterocycles. The van der Waals surface area contributed by atoms with E-state index in [2.05, 4.69) is 5.32 Å². The third-order valence-electron chi connectivity index (χ3n) is 4.95. The molecule has 0 saturated carbocycles. The molecule has 0 amide bonds. The number of hydrogen-bond donors (Lipinski definition) is 6. The molecule has 6 N–H and O–H groups in total. The Morgan fingerprint density at radius 1 is 1.00 bits per heavy atom. The Morgan fingerprint density at radius 3 is 2.27 bits per heavy atom. The fourth-order valence-electron chi connectivity index (χ4n) is 3.31. The predicted octanol–water partition coefficient (Wildman–Crippen LogP) is -0.553. The molecule has 0 unspecified atom stereocenters. The van der Waals surface area contributed by atoms with Gasteiger partial charge in [-0.3, -0.25) is 10.1 Å². The van der Waals surface area contributed by atoms with E-state index in [1.54, 1.807) is 0 Å². The Bertz CT molecular complexity index is 396. The van der Waals surface area contributed by atoms with Crippen molar-refractivity contribution in [3.63, 3.8) is 0 Å². The lowest BCUT2D eigenvalue weighted by molar-refractivity contribution is -0.119. The van der Waals surface area contributed by atoms with Crippen molar-refractivity contribution in [1.82, 2.24) is 5.32 Å². The molecule has 0 bridgehead atoms. The Morgan fingerprint density at radius 2 is 1.65 bits per heavy atom. The second-order valence-electron chi connectivity index (χ2n) is 7.09. The molecule has 0 aliphatic carbocycles. The summed E-state index contributed by atoms with van der Waals surface area (Å²) >= 11 is 0. The van der Waals surface area contributed by atoms with E-state index >= 15 is 0 Å². The lowest BCUT2D eigenvalue weighted by atomic mass is 9.98. The first-order chi connectivity index (χ1) is 12.4. The standard InChI is InChI=1S/C18H35NO7/c1-26-18-17(25)16(24)15(19-18)14(23)10-4-8-12(21)6-2-3-7-13(22)9-5-11-20/h12,14-21,23-25H,2-11H2,1H3/t12-,14+,15+,16+,17-,18+/m0/s1. The zero-order valence-corrected chi connectivity index (χ0v) is 15.6. The summed E-state index contributed by atoms with van der Waals surface area (Å²) in [4.78, 5) is 11.5. The first kappa shape index (κ1) is 23.4. The van der Waals surface area contributed by atoms with Gasteiger partial charge in [-0.2, -0.15) is 0 Å². The molecule has 1 aliphatic heterocycles. The number of nitrogens with one attached hydrogen (secondary N) is 1. The summed E-state index contributed by atoms with van der Waals surface area (Å²) in [6.45, 7) is 0.0365. The average molecular weight is 377 g/mol. The third kappa shape index (κ3) is 7.96. The molecular weight excluding hydrogens is 342 g/mol. The van der Waals surface area contributed by atoms with Crippen LogP contribution in [0.15, 0.2) is 0 Å². The van der Waals surface area contributed by atoms with Gasteiger partial charge < -0.3 is 30.3 Å². The second-order valence-corrected chi connectivity index (χ2v) is 7.09. The predicted molar refractivity (Wildman–Crippen MR) is 95.4 cm³/mol. The van der Waals surface area contributed by atoms with Crippen LogP contribution in [-0.4, -0.2) is 81.7 Å². The first-order valence-electron chi connectivity index (χ1n) is 9.54. The quantitative estimate of drug-likeness (QED) is 0.222. The normalized spacial score (nSPS) is 28.2. The lowest BCUT2D eigenvalue weighted by Crippen LogP contribution is -2.43. The van der Waals surface area contributed by atoms with Gasteiger partial charge in [0.05, 0.1) is 18.2 Å². The highest BCUT2D eigenvalue weighted by atomic mass is 16.5. The van der Waals surface area contributed by atoms with Crippen LogP contribution in [-0.2, 0) is 9.53 Å². The van der Waals surface area contributed by atoms with E-state index in [4.69, 9.17) is 9.84 Å². The van der Waals surface area contributed by atoms with Gasteiger partial charge in [-0.1, -0.05) is 6.42 Å². The van der Waals surface area contributed by atoms with Crippen LogP contribution in [0.5, 0.6) is 0 Å². The van der Waals surface area contributed by atoms with Gasteiger partial charge in [0, 0.05) is 26.6 Å². The van der Waals surface area contributed by atoms with Gasteiger partial charge in [0.25, 0.3) is 0 Å². The summed E-state index contributed by atoms with van der Waals surface area (Å²) in [7, 11) is 1.42. The molecule has 1 heterocycles. The molecule has 1 fully saturated rings. The monoisotopic (exact) mass is 377 g/mol. The number of ketones is 1. The van der Waals surface area contributed by atoms with Gasteiger partial charge in [0.15, 0.2) is 0 Å². The molecule has 0 spiro atoms. The fourth-order valence-corrected chi connectivity index (χ4v) is 3.31. The maximum atomic E-state index is 11.5. The Hall–Kier alpha value is -0.610. The van der Waals surface area contributed by atoms with Crippen molar-refractivity contribution in [2.75, 3.05) is 13.7 Å². The van der Waals surface area contributed by atoms with Gasteiger partial charge in [0.1, 0.15) is 24.2 Å². The highest BCUT2D eigenvalue weighted by Gasteiger charge is 2.44. The highest BCUT2D eigenvalue weighted by Crippen LogP contribution is 2.21. The van der Waals surface area contributed by atoms with Crippen molar-refractivity contribution < 1.29 is 35.1 Å². The second kappa shape index (κ2) is 12.7. The van der Waals surface area contributed by atoms with Crippen LogP contribution >= 0.6 is 0 Å². The van der Waals surface area contributed by atoms with Crippen LogP contribution < -0.4 is 5.32 Å². The molecule has 0 aromatic heterocycles. The van der Waals surface area contributed by atoms with E-state index in [0.29, 0.717) is 44.9 Å². The zero-order valence-electron chi connectivity index (χ0n) is 15.6. The summed E-state index contributed by atoms with van der Waals surface area (Å²) in [6.07, 6.45) is 0.857. The SMILES string of the molecule is CO[C@H]1N[C@H]([C@H](O)CCC[C@@H](O)CCCCC(=O)CCCO)[C@@H](O)[C@@H]1O. The molecule has 0 radical (unpaired) electrons. The maximum Gasteiger partial charge on any atom is 0.136 e. The van der Waals surface area contributed by atoms with Crippen LogP contribution in [0.4, 0.5) is 0 Å². The molecule has 6 atom stereocenters. The lowest BCUT2D eigenvalue weighted by Gasteiger charge is -2.22. The number of aliphatic hydroxyl groups excluding tert-OH is 5. The van der Waals surface area contributed by atoms with Gasteiger partial charge in [-0.15, -0.1) is 0 Å². The van der Waals surface area contributed by atoms with Crippen LogP contribution in [0.3, 0.4) is 0 Å². The van der Waals surface area contributed by atoms with E-state index in [1.807, 2.05) is 0 Å². The van der Waals surface area contributed by atoms with Gasteiger partial charge >= 0.3 is 0 Å². The van der Waals surface area contributed by atoms with Crippen LogP contribution in [0.2, 0.25) is 0 Å². The first-order valence-corrected chi connectivity index (χ1v) is 9.54. The summed E-state index contributed by atoms with van der Waals surface area (Å²) in [5, 5.41) is 51.4. The van der Waals surface area contributed by atoms with Crippen LogP contribution in [0.1, 0.15) is 57.8 Å². The highest BCUT2D eigenvalue weighted by molar-refractivity contribution is 5.78. The van der Waals surface area contributed by atoms with Crippen molar-refractivity contribution >= 4 is 5.78 Å². The number of ether oxygens (including phenoxy) is 1.